The minimum Gasteiger partial charge on any atom is -0.444 e. The third-order valence-corrected chi connectivity index (χ3v) is 1.36. The minimum atomic E-state index is -0.772. The number of esters is 1. The molecule has 1 atom stereocenters. The molecular weight excluding hydrogens is 210 g/mol. The summed E-state index contributed by atoms with van der Waals surface area (Å²) in [6, 6.07) is -0.772. The second kappa shape index (κ2) is 5.53. The molecule has 0 spiro atoms. The van der Waals surface area contributed by atoms with Crippen LogP contribution in [0.3, 0.4) is 0 Å². The van der Waals surface area contributed by atoms with Gasteiger partial charge in [-0.2, -0.15) is 0 Å². The lowest BCUT2D eigenvalue weighted by Gasteiger charge is -2.21. The fourth-order valence-electron chi connectivity index (χ4n) is 0.803. The normalized spacial score (nSPS) is 12.6. The first-order valence-electron chi connectivity index (χ1n) is 4.98. The fourth-order valence-corrected chi connectivity index (χ4v) is 0.803. The molecule has 0 bridgehead atoms. The quantitative estimate of drug-likeness (QED) is 0.593. The maximum atomic E-state index is 11.3. The van der Waals surface area contributed by atoms with Crippen LogP contribution in [0.4, 0.5) is 4.79 Å². The van der Waals surface area contributed by atoms with Gasteiger partial charge in [-0.25, -0.2) is 9.59 Å². The van der Waals surface area contributed by atoms with Crippen molar-refractivity contribution in [3.63, 3.8) is 0 Å². The summed E-state index contributed by atoms with van der Waals surface area (Å²) in [6.07, 6.45) is -0.654. The topological polar surface area (TPSA) is 64.6 Å². The van der Waals surface area contributed by atoms with Crippen molar-refractivity contribution >= 4 is 12.1 Å². The van der Waals surface area contributed by atoms with Gasteiger partial charge in [0.2, 0.25) is 0 Å². The third-order valence-electron chi connectivity index (χ3n) is 1.36. The van der Waals surface area contributed by atoms with Crippen LogP contribution in [-0.2, 0) is 14.3 Å². The van der Waals surface area contributed by atoms with Gasteiger partial charge in [0.1, 0.15) is 11.6 Å². The molecule has 92 valence electrons. The largest absolute Gasteiger partial charge is 0.444 e. The molecule has 0 heterocycles. The molecule has 1 amide bonds. The first-order chi connectivity index (χ1) is 7.11. The predicted octanol–water partition coefficient (Wildman–Crippen LogP) is 1.98. The Balaban J connectivity index is 4.14. The number of rotatable bonds is 3. The third kappa shape index (κ3) is 6.86. The SMILES string of the molecule is C=C(C)OC(=O)[C@H](C)NC(=O)OC(C)(C)C. The molecular formula is C11H19NO4. The van der Waals surface area contributed by atoms with Crippen molar-refractivity contribution < 1.29 is 19.1 Å². The van der Waals surface area contributed by atoms with Gasteiger partial charge in [-0.15, -0.1) is 0 Å². The Morgan fingerprint density at radius 1 is 1.31 bits per heavy atom. The molecule has 0 radical (unpaired) electrons. The van der Waals surface area contributed by atoms with Gasteiger partial charge in [-0.05, 0) is 34.6 Å². The standard InChI is InChI=1S/C11H19NO4/c1-7(2)15-9(13)8(3)12-10(14)16-11(4,5)6/h8H,1H2,2-6H3,(H,12,14)/t8-/m0/s1. The monoisotopic (exact) mass is 229 g/mol. The van der Waals surface area contributed by atoms with Gasteiger partial charge in [0.15, 0.2) is 0 Å². The van der Waals surface area contributed by atoms with Crippen molar-refractivity contribution in [2.45, 2.75) is 46.3 Å². The second-order valence-corrected chi connectivity index (χ2v) is 4.49. The molecule has 0 saturated carbocycles. The summed E-state index contributed by atoms with van der Waals surface area (Å²) in [4.78, 5) is 22.6. The van der Waals surface area contributed by atoms with E-state index in [1.165, 1.54) is 6.92 Å². The molecule has 0 fully saturated rings. The number of ether oxygens (including phenoxy) is 2. The lowest BCUT2D eigenvalue weighted by atomic mass is 10.2. The predicted molar refractivity (Wildman–Crippen MR) is 59.7 cm³/mol. The van der Waals surface area contributed by atoms with E-state index in [-0.39, 0.29) is 5.76 Å². The van der Waals surface area contributed by atoms with Gasteiger partial charge >= 0.3 is 12.1 Å². The van der Waals surface area contributed by atoms with Crippen LogP contribution in [0.1, 0.15) is 34.6 Å². The van der Waals surface area contributed by atoms with E-state index in [0.717, 1.165) is 0 Å². The van der Waals surface area contributed by atoms with E-state index in [4.69, 9.17) is 9.47 Å². The molecule has 0 aromatic heterocycles. The average molecular weight is 229 g/mol. The van der Waals surface area contributed by atoms with Gasteiger partial charge < -0.3 is 14.8 Å². The van der Waals surface area contributed by atoms with E-state index in [0.29, 0.717) is 0 Å². The first-order valence-corrected chi connectivity index (χ1v) is 4.98. The van der Waals surface area contributed by atoms with E-state index in [1.807, 2.05) is 0 Å². The summed E-state index contributed by atoms with van der Waals surface area (Å²) < 4.78 is 9.72. The van der Waals surface area contributed by atoms with E-state index in [9.17, 15) is 9.59 Å². The van der Waals surface area contributed by atoms with E-state index in [2.05, 4.69) is 11.9 Å². The number of amides is 1. The molecule has 0 aromatic carbocycles. The Bertz CT molecular complexity index is 291. The zero-order valence-electron chi connectivity index (χ0n) is 10.4. The number of nitrogens with one attached hydrogen (secondary N) is 1. The van der Waals surface area contributed by atoms with Crippen LogP contribution < -0.4 is 5.32 Å². The highest BCUT2D eigenvalue weighted by molar-refractivity contribution is 5.81. The summed E-state index contributed by atoms with van der Waals surface area (Å²) in [5.41, 5.74) is -0.595. The van der Waals surface area contributed by atoms with Crippen molar-refractivity contribution in [1.29, 1.82) is 0 Å². The summed E-state index contributed by atoms with van der Waals surface area (Å²) >= 11 is 0. The zero-order valence-corrected chi connectivity index (χ0v) is 10.4. The van der Waals surface area contributed by atoms with E-state index < -0.39 is 23.7 Å². The van der Waals surface area contributed by atoms with Gasteiger partial charge in [0.05, 0.1) is 5.76 Å². The number of hydrogen-bond donors (Lipinski definition) is 1. The second-order valence-electron chi connectivity index (χ2n) is 4.49. The van der Waals surface area contributed by atoms with Crippen LogP contribution in [0.25, 0.3) is 0 Å². The maximum Gasteiger partial charge on any atom is 0.408 e. The van der Waals surface area contributed by atoms with Crippen LogP contribution in [0.5, 0.6) is 0 Å². The Morgan fingerprint density at radius 2 is 1.81 bits per heavy atom. The molecule has 0 aromatic rings. The average Bonchev–Trinajstić information content (AvgIpc) is 1.98. The highest BCUT2D eigenvalue weighted by Crippen LogP contribution is 2.07. The maximum absolute atomic E-state index is 11.3. The van der Waals surface area contributed by atoms with Crippen LogP contribution in [0.2, 0.25) is 0 Å². The molecule has 0 unspecified atom stereocenters. The minimum absolute atomic E-state index is 0.280. The highest BCUT2D eigenvalue weighted by atomic mass is 16.6. The van der Waals surface area contributed by atoms with Crippen molar-refractivity contribution in [2.24, 2.45) is 0 Å². The van der Waals surface area contributed by atoms with Gasteiger partial charge in [0, 0.05) is 0 Å². The molecule has 0 rings (SSSR count). The summed E-state index contributed by atoms with van der Waals surface area (Å²) in [5, 5.41) is 2.36. The molecule has 0 aliphatic heterocycles. The van der Waals surface area contributed by atoms with Gasteiger partial charge in [-0.1, -0.05) is 6.58 Å². The summed E-state index contributed by atoms with van der Waals surface area (Å²) in [7, 11) is 0. The lowest BCUT2D eigenvalue weighted by Crippen LogP contribution is -2.42. The molecule has 5 nitrogen and oxygen atoms in total. The lowest BCUT2D eigenvalue weighted by molar-refractivity contribution is -0.141. The van der Waals surface area contributed by atoms with E-state index in [1.54, 1.807) is 27.7 Å². The smallest absolute Gasteiger partial charge is 0.408 e. The van der Waals surface area contributed by atoms with Crippen LogP contribution in [-0.4, -0.2) is 23.7 Å². The zero-order chi connectivity index (χ0) is 12.9. The van der Waals surface area contributed by atoms with Crippen molar-refractivity contribution in [3.8, 4) is 0 Å². The summed E-state index contributed by atoms with van der Waals surface area (Å²) in [6.45, 7) is 11.7. The highest BCUT2D eigenvalue weighted by Gasteiger charge is 2.21. The molecule has 1 N–H and O–H groups in total. The Labute approximate surface area is 95.8 Å². The van der Waals surface area contributed by atoms with Gasteiger partial charge in [-0.3, -0.25) is 0 Å². The molecule has 0 aliphatic carbocycles. The molecule has 5 heteroatoms. The summed E-state index contributed by atoms with van der Waals surface area (Å²) in [5.74, 6) is -0.291. The Hall–Kier alpha value is -1.52. The molecule has 16 heavy (non-hydrogen) atoms. The van der Waals surface area contributed by atoms with Crippen molar-refractivity contribution in [1.82, 2.24) is 5.32 Å². The number of carbonyl (C=O) groups is 2. The number of hydrogen-bond acceptors (Lipinski definition) is 4. The number of carbonyl (C=O) groups excluding carboxylic acids is 2. The van der Waals surface area contributed by atoms with Crippen LogP contribution in [0.15, 0.2) is 12.3 Å². The van der Waals surface area contributed by atoms with Crippen LogP contribution >= 0.6 is 0 Å². The molecule has 0 aliphatic rings. The Kier molecular flexibility index (Phi) is 5.01. The fraction of sp³-hybridized carbons (Fsp3) is 0.636. The Morgan fingerprint density at radius 3 is 2.19 bits per heavy atom. The van der Waals surface area contributed by atoms with E-state index >= 15 is 0 Å². The van der Waals surface area contributed by atoms with Gasteiger partial charge in [0.25, 0.3) is 0 Å². The molecule has 0 saturated heterocycles. The first kappa shape index (κ1) is 14.5. The number of allylic oxidation sites excluding steroid dienone is 1. The van der Waals surface area contributed by atoms with Crippen molar-refractivity contribution in [3.05, 3.63) is 12.3 Å². The van der Waals surface area contributed by atoms with Crippen molar-refractivity contribution in [2.75, 3.05) is 0 Å². The number of alkyl carbamates (subject to hydrolysis) is 1. The van der Waals surface area contributed by atoms with Crippen LogP contribution in [0, 0.1) is 0 Å².